The summed E-state index contributed by atoms with van der Waals surface area (Å²) in [5.41, 5.74) is 5.34. The van der Waals surface area contributed by atoms with Gasteiger partial charge in [-0.1, -0.05) is 12.1 Å². The van der Waals surface area contributed by atoms with Crippen LogP contribution in [-0.2, 0) is 14.8 Å². The summed E-state index contributed by atoms with van der Waals surface area (Å²) in [5.74, 6) is -0.410. The van der Waals surface area contributed by atoms with E-state index in [1.807, 2.05) is 33.1 Å². The lowest BCUT2D eigenvalue weighted by molar-refractivity contribution is -0.119. The number of ether oxygens (including phenoxy) is 1. The van der Waals surface area contributed by atoms with Crippen LogP contribution in [0, 0.1) is 19.7 Å². The molecule has 0 bridgehead atoms. The minimum absolute atomic E-state index is 0.0565. The molecule has 0 fully saturated rings. The fourth-order valence-electron chi connectivity index (χ4n) is 4.33. The normalized spacial score (nSPS) is 11.5. The fourth-order valence-corrected chi connectivity index (χ4v) is 6.16. The van der Waals surface area contributed by atoms with Crippen molar-refractivity contribution in [3.8, 4) is 11.4 Å². The van der Waals surface area contributed by atoms with Crippen molar-refractivity contribution >= 4 is 39.6 Å². The van der Waals surface area contributed by atoms with Crippen LogP contribution in [0.25, 0.3) is 5.69 Å². The zero-order valence-electron chi connectivity index (χ0n) is 23.2. The Bertz CT molecular complexity index is 1650. The van der Waals surface area contributed by atoms with E-state index in [1.165, 1.54) is 36.2 Å². The fraction of sp³-hybridized carbons (Fsp3) is 0.200. The third kappa shape index (κ3) is 6.80. The Morgan fingerprint density at radius 1 is 1.07 bits per heavy atom. The van der Waals surface area contributed by atoms with Gasteiger partial charge in [-0.2, -0.15) is 5.10 Å². The molecule has 0 saturated heterocycles. The maximum atomic E-state index is 14.4. The van der Waals surface area contributed by atoms with E-state index in [2.05, 4.69) is 10.5 Å². The molecule has 0 spiro atoms. The molecule has 4 rings (SSSR count). The van der Waals surface area contributed by atoms with E-state index in [-0.39, 0.29) is 10.7 Å². The lowest BCUT2D eigenvalue weighted by Gasteiger charge is -2.24. The van der Waals surface area contributed by atoms with E-state index in [4.69, 9.17) is 4.74 Å². The molecule has 8 nitrogen and oxygen atoms in total. The van der Waals surface area contributed by atoms with Crippen LogP contribution in [0.5, 0.6) is 5.75 Å². The molecule has 0 aliphatic rings. The molecule has 214 valence electrons. The molecule has 1 N–H and O–H groups in total. The Balaban J connectivity index is 1.56. The number of hydrazone groups is 1. The van der Waals surface area contributed by atoms with Gasteiger partial charge < -0.3 is 9.30 Å². The molecule has 3 aromatic carbocycles. The maximum absolute atomic E-state index is 14.4. The Morgan fingerprint density at radius 3 is 2.39 bits per heavy atom. The van der Waals surface area contributed by atoms with Gasteiger partial charge in [0.1, 0.15) is 18.1 Å². The first-order valence-corrected chi connectivity index (χ1v) is 15.5. The highest BCUT2D eigenvalue weighted by Gasteiger charge is 2.27. The number of hydrogen-bond donors (Lipinski definition) is 1. The van der Waals surface area contributed by atoms with Gasteiger partial charge in [0.15, 0.2) is 0 Å². The van der Waals surface area contributed by atoms with Crippen LogP contribution >= 0.6 is 11.8 Å². The second-order valence-electron chi connectivity index (χ2n) is 9.02. The van der Waals surface area contributed by atoms with Gasteiger partial charge >= 0.3 is 0 Å². The molecule has 0 unspecified atom stereocenters. The molecule has 0 atom stereocenters. The summed E-state index contributed by atoms with van der Waals surface area (Å²) < 4.78 is 50.0. The van der Waals surface area contributed by atoms with Crippen LogP contribution in [0.1, 0.15) is 23.9 Å². The summed E-state index contributed by atoms with van der Waals surface area (Å²) in [7, 11) is -4.09. The first-order valence-electron chi connectivity index (χ1n) is 12.8. The van der Waals surface area contributed by atoms with Crippen LogP contribution in [0.2, 0.25) is 0 Å². The van der Waals surface area contributed by atoms with Gasteiger partial charge in [-0.05, 0) is 93.8 Å². The number of halogens is 1. The van der Waals surface area contributed by atoms with Gasteiger partial charge in [0.25, 0.3) is 15.9 Å². The predicted octanol–water partition coefficient (Wildman–Crippen LogP) is 5.70. The second kappa shape index (κ2) is 13.0. The minimum Gasteiger partial charge on any atom is -0.494 e. The highest BCUT2D eigenvalue weighted by molar-refractivity contribution is 7.98. The quantitative estimate of drug-likeness (QED) is 0.137. The number of anilines is 1. The van der Waals surface area contributed by atoms with Crippen molar-refractivity contribution in [2.24, 2.45) is 5.10 Å². The number of aryl methyl sites for hydroxylation is 1. The highest BCUT2D eigenvalue weighted by atomic mass is 32.2. The third-order valence-electron chi connectivity index (χ3n) is 6.33. The van der Waals surface area contributed by atoms with E-state index >= 15 is 0 Å². The number of carbonyl (C=O) groups excluding carboxylic acids is 1. The minimum atomic E-state index is -4.09. The van der Waals surface area contributed by atoms with Crippen LogP contribution in [0.3, 0.4) is 0 Å². The van der Waals surface area contributed by atoms with Crippen LogP contribution in [-0.4, -0.2) is 44.5 Å². The van der Waals surface area contributed by atoms with Crippen molar-refractivity contribution < 1.29 is 22.3 Å². The highest BCUT2D eigenvalue weighted by Crippen LogP contribution is 2.27. The van der Waals surface area contributed by atoms with E-state index in [1.54, 1.807) is 59.2 Å². The molecule has 1 aromatic heterocycles. The molecular formula is C30H31FN4O4S2. The summed E-state index contributed by atoms with van der Waals surface area (Å²) in [6.45, 7) is 5.48. The summed E-state index contributed by atoms with van der Waals surface area (Å²) in [6.07, 6.45) is 3.35. The molecule has 0 radical (unpaired) electrons. The molecule has 1 amide bonds. The topological polar surface area (TPSA) is 93.0 Å². The molecule has 0 saturated carbocycles. The number of carbonyl (C=O) groups is 1. The van der Waals surface area contributed by atoms with Gasteiger partial charge in [-0.15, -0.1) is 11.8 Å². The number of amides is 1. The number of thioether (sulfide) groups is 1. The summed E-state index contributed by atoms with van der Waals surface area (Å²) in [6, 6.07) is 21.2. The third-order valence-corrected chi connectivity index (χ3v) is 8.86. The van der Waals surface area contributed by atoms with E-state index in [0.29, 0.717) is 29.3 Å². The lowest BCUT2D eigenvalue weighted by atomic mass is 10.2. The Hall–Kier alpha value is -4.09. The zero-order valence-corrected chi connectivity index (χ0v) is 24.8. The zero-order chi connectivity index (χ0) is 29.6. The number of sulfonamides is 1. The molecule has 11 heteroatoms. The van der Waals surface area contributed by atoms with Crippen molar-refractivity contribution in [3.63, 3.8) is 0 Å². The average Bonchev–Trinajstić information content (AvgIpc) is 3.25. The first kappa shape index (κ1) is 29.9. The number of rotatable bonds is 11. The Kier molecular flexibility index (Phi) is 9.51. The smallest absolute Gasteiger partial charge is 0.264 e. The van der Waals surface area contributed by atoms with Crippen molar-refractivity contribution in [1.82, 2.24) is 9.99 Å². The summed E-state index contributed by atoms with van der Waals surface area (Å²) in [4.78, 5) is 13.9. The van der Waals surface area contributed by atoms with E-state index in [0.717, 1.165) is 20.6 Å². The SMILES string of the molecule is CCOc1ccc(N(CC(=O)N/N=C\c2cc(C)n(-c3ccccc3F)c2C)S(=O)(=O)c2ccc(SC)cc2)cc1. The number of aromatic nitrogens is 1. The largest absolute Gasteiger partial charge is 0.494 e. The van der Waals surface area contributed by atoms with Gasteiger partial charge in [0, 0.05) is 21.8 Å². The van der Waals surface area contributed by atoms with Gasteiger partial charge in [0.05, 0.1) is 29.1 Å². The predicted molar refractivity (Wildman–Crippen MR) is 161 cm³/mol. The summed E-state index contributed by atoms with van der Waals surface area (Å²) >= 11 is 1.50. The van der Waals surface area contributed by atoms with Gasteiger partial charge in [0.2, 0.25) is 0 Å². The Labute approximate surface area is 243 Å². The number of para-hydroxylation sites is 1. The standard InChI is InChI=1S/C30H31FN4O4S2/c1-5-39-25-12-10-24(11-13-25)34(41(37,38)27-16-14-26(40-4)15-17-27)20-30(36)33-32-19-23-18-21(2)35(22(23)3)29-9-7-6-8-28(29)31/h6-19H,5,20H2,1-4H3,(H,33,36)/b32-19-. The Morgan fingerprint density at radius 2 is 1.76 bits per heavy atom. The number of hydrogen-bond acceptors (Lipinski definition) is 6. The van der Waals surface area contributed by atoms with Crippen molar-refractivity contribution in [2.75, 3.05) is 23.7 Å². The molecule has 41 heavy (non-hydrogen) atoms. The monoisotopic (exact) mass is 594 g/mol. The maximum Gasteiger partial charge on any atom is 0.264 e. The lowest BCUT2D eigenvalue weighted by Crippen LogP contribution is -2.39. The molecule has 0 aliphatic heterocycles. The molecular weight excluding hydrogens is 563 g/mol. The second-order valence-corrected chi connectivity index (χ2v) is 11.8. The van der Waals surface area contributed by atoms with E-state index in [9.17, 15) is 17.6 Å². The van der Waals surface area contributed by atoms with Gasteiger partial charge in [-0.25, -0.2) is 18.2 Å². The first-order chi connectivity index (χ1) is 19.6. The van der Waals surface area contributed by atoms with Crippen molar-refractivity contribution in [1.29, 1.82) is 0 Å². The average molecular weight is 595 g/mol. The van der Waals surface area contributed by atoms with Crippen LogP contribution in [0.4, 0.5) is 10.1 Å². The number of benzene rings is 3. The van der Waals surface area contributed by atoms with Crippen LogP contribution in [0.15, 0.2) is 93.8 Å². The van der Waals surface area contributed by atoms with Crippen molar-refractivity contribution in [3.05, 3.63) is 102 Å². The molecule has 1 heterocycles. The van der Waals surface area contributed by atoms with E-state index < -0.39 is 22.5 Å². The number of nitrogens with one attached hydrogen (secondary N) is 1. The molecule has 0 aliphatic carbocycles. The van der Waals surface area contributed by atoms with Gasteiger partial charge in [-0.3, -0.25) is 9.10 Å². The number of nitrogens with zero attached hydrogens (tertiary/aromatic N) is 3. The molecule has 4 aromatic rings. The van der Waals surface area contributed by atoms with Crippen molar-refractivity contribution in [2.45, 2.75) is 30.6 Å². The summed E-state index contributed by atoms with van der Waals surface area (Å²) in [5, 5.41) is 4.06. The van der Waals surface area contributed by atoms with Crippen LogP contribution < -0.4 is 14.5 Å².